The summed E-state index contributed by atoms with van der Waals surface area (Å²) in [5, 5.41) is 6.85. The second kappa shape index (κ2) is 11.0. The molecule has 0 radical (unpaired) electrons. The molecule has 22 heavy (non-hydrogen) atoms. The molecule has 1 unspecified atom stereocenters. The van der Waals surface area contributed by atoms with Crippen LogP contribution in [-0.2, 0) is 4.74 Å². The van der Waals surface area contributed by atoms with E-state index < -0.39 is 0 Å². The van der Waals surface area contributed by atoms with E-state index in [1.54, 1.807) is 0 Å². The maximum absolute atomic E-state index is 5.87. The maximum atomic E-state index is 5.87. The minimum atomic E-state index is 0. The van der Waals surface area contributed by atoms with Crippen LogP contribution in [0.2, 0.25) is 0 Å². The number of aliphatic imine (C=N–C) groups is 1. The lowest BCUT2D eigenvalue weighted by atomic mass is 10.1. The minimum absolute atomic E-state index is 0. The molecule has 1 aliphatic heterocycles. The quantitative estimate of drug-likeness (QED) is 0.275. The van der Waals surface area contributed by atoms with Gasteiger partial charge in [0.2, 0.25) is 0 Å². The van der Waals surface area contributed by atoms with Crippen molar-refractivity contribution in [2.24, 2.45) is 4.99 Å². The number of hydrogen-bond acceptors (Lipinski definition) is 3. The molecule has 0 spiro atoms. The van der Waals surface area contributed by atoms with Gasteiger partial charge >= 0.3 is 0 Å². The van der Waals surface area contributed by atoms with Crippen molar-refractivity contribution in [3.8, 4) is 0 Å². The molecule has 1 saturated heterocycles. The van der Waals surface area contributed by atoms with Crippen molar-refractivity contribution in [2.45, 2.75) is 62.7 Å². The van der Waals surface area contributed by atoms with Crippen molar-refractivity contribution < 1.29 is 4.74 Å². The Morgan fingerprint density at radius 2 is 2.05 bits per heavy atom. The molecule has 0 aromatic rings. The van der Waals surface area contributed by atoms with Gasteiger partial charge in [-0.1, -0.05) is 12.8 Å². The molecule has 2 rings (SSSR count). The maximum Gasteiger partial charge on any atom is 0.191 e. The van der Waals surface area contributed by atoms with Crippen LogP contribution in [0.25, 0.3) is 0 Å². The zero-order valence-corrected chi connectivity index (χ0v) is 17.2. The Kier molecular flexibility index (Phi) is 10.1. The average molecular weight is 441 g/mol. The molecule has 1 atom stereocenters. The largest absolute Gasteiger partial charge is 0.378 e. The molecule has 2 fully saturated rings. The average Bonchev–Trinajstić information content (AvgIpc) is 3.14. The number of guanidine groups is 1. The summed E-state index contributed by atoms with van der Waals surface area (Å²) in [5.74, 6) is 2.22. The zero-order valence-electron chi connectivity index (χ0n) is 14.0. The van der Waals surface area contributed by atoms with Crippen molar-refractivity contribution >= 4 is 41.7 Å². The van der Waals surface area contributed by atoms with Crippen molar-refractivity contribution in [3.63, 3.8) is 0 Å². The summed E-state index contributed by atoms with van der Waals surface area (Å²) in [6, 6.07) is 0. The van der Waals surface area contributed by atoms with Gasteiger partial charge in [-0.2, -0.15) is 11.8 Å². The molecule has 2 N–H and O–H groups in total. The lowest BCUT2D eigenvalue weighted by molar-refractivity contribution is 0.0574. The monoisotopic (exact) mass is 441 g/mol. The number of nitrogens with one attached hydrogen (secondary N) is 2. The fraction of sp³-hybridized carbons (Fsp3) is 0.938. The van der Waals surface area contributed by atoms with Gasteiger partial charge in [-0.25, -0.2) is 0 Å². The van der Waals surface area contributed by atoms with Crippen molar-refractivity contribution in [3.05, 3.63) is 0 Å². The van der Waals surface area contributed by atoms with E-state index in [4.69, 9.17) is 4.74 Å². The van der Waals surface area contributed by atoms with Crippen LogP contribution in [0.1, 0.15) is 51.9 Å². The Bertz CT molecular complexity index is 329. The minimum Gasteiger partial charge on any atom is -0.378 e. The van der Waals surface area contributed by atoms with E-state index in [9.17, 15) is 0 Å². The summed E-state index contributed by atoms with van der Waals surface area (Å²) in [6.45, 7) is 5.13. The smallest absolute Gasteiger partial charge is 0.191 e. The number of nitrogens with zero attached hydrogens (tertiary/aromatic N) is 1. The first kappa shape index (κ1) is 20.4. The van der Waals surface area contributed by atoms with Crippen LogP contribution in [0.15, 0.2) is 4.99 Å². The predicted molar refractivity (Wildman–Crippen MR) is 108 cm³/mol. The number of thioether (sulfide) groups is 1. The predicted octanol–water partition coefficient (Wildman–Crippen LogP) is 3.40. The first-order valence-corrected chi connectivity index (χ1v) is 9.40. The van der Waals surface area contributed by atoms with Crippen LogP contribution in [-0.4, -0.2) is 49.3 Å². The fourth-order valence-corrected chi connectivity index (χ4v) is 4.30. The number of hydrogen-bond donors (Lipinski definition) is 2. The SMILES string of the molecule is CN=C(NCCCOC1CCCC1)NCC1(C)CCCS1.I. The molecular formula is C16H32IN3OS. The second-order valence-corrected chi connectivity index (χ2v) is 8.07. The summed E-state index contributed by atoms with van der Waals surface area (Å²) in [4.78, 5) is 4.30. The highest BCUT2D eigenvalue weighted by Crippen LogP contribution is 2.36. The summed E-state index contributed by atoms with van der Waals surface area (Å²) >= 11 is 2.08. The van der Waals surface area contributed by atoms with Crippen LogP contribution in [0.4, 0.5) is 0 Å². The van der Waals surface area contributed by atoms with E-state index in [1.165, 1.54) is 44.3 Å². The van der Waals surface area contributed by atoms with E-state index >= 15 is 0 Å². The Hall–Kier alpha value is 0.310. The van der Waals surface area contributed by atoms with Gasteiger partial charge in [0.05, 0.1) is 6.10 Å². The topological polar surface area (TPSA) is 45.7 Å². The van der Waals surface area contributed by atoms with Gasteiger partial charge in [0.1, 0.15) is 0 Å². The van der Waals surface area contributed by atoms with E-state index in [2.05, 4.69) is 34.3 Å². The lowest BCUT2D eigenvalue weighted by Crippen LogP contribution is -2.44. The van der Waals surface area contributed by atoms with Crippen LogP contribution in [0.5, 0.6) is 0 Å². The third-order valence-electron chi connectivity index (χ3n) is 4.42. The van der Waals surface area contributed by atoms with E-state index in [0.717, 1.165) is 32.1 Å². The summed E-state index contributed by atoms with van der Waals surface area (Å²) in [6.07, 6.45) is 9.42. The lowest BCUT2D eigenvalue weighted by Gasteiger charge is -2.24. The summed E-state index contributed by atoms with van der Waals surface area (Å²) in [5.41, 5.74) is 0. The van der Waals surface area contributed by atoms with Gasteiger partial charge in [-0.05, 0) is 44.8 Å². The highest BCUT2D eigenvalue weighted by molar-refractivity contribution is 14.0. The zero-order chi connectivity index (χ0) is 15.0. The highest BCUT2D eigenvalue weighted by Gasteiger charge is 2.29. The van der Waals surface area contributed by atoms with Crippen LogP contribution >= 0.6 is 35.7 Å². The molecule has 0 aromatic carbocycles. The first-order chi connectivity index (χ1) is 10.2. The van der Waals surface area contributed by atoms with Crippen molar-refractivity contribution in [2.75, 3.05) is 32.5 Å². The molecular weight excluding hydrogens is 409 g/mol. The Morgan fingerprint density at radius 3 is 2.68 bits per heavy atom. The molecule has 1 saturated carbocycles. The van der Waals surface area contributed by atoms with Crippen LogP contribution in [0.3, 0.4) is 0 Å². The van der Waals surface area contributed by atoms with Gasteiger partial charge in [0.25, 0.3) is 0 Å². The molecule has 0 amide bonds. The van der Waals surface area contributed by atoms with Gasteiger partial charge in [0.15, 0.2) is 5.96 Å². The Balaban J connectivity index is 0.00000242. The molecule has 1 aliphatic carbocycles. The highest BCUT2D eigenvalue weighted by atomic mass is 127. The standard InChI is InChI=1S/C16H31N3OS.HI/c1-16(9-5-12-21-16)13-19-15(17-2)18-10-6-11-20-14-7-3-4-8-14;/h14H,3-13H2,1-2H3,(H2,17,18,19);1H. The molecule has 1 heterocycles. The van der Waals surface area contributed by atoms with Gasteiger partial charge in [-0.15, -0.1) is 24.0 Å². The molecule has 4 nitrogen and oxygen atoms in total. The molecule has 6 heteroatoms. The first-order valence-electron chi connectivity index (χ1n) is 8.42. The molecule has 130 valence electrons. The third-order valence-corrected chi connectivity index (χ3v) is 5.96. The van der Waals surface area contributed by atoms with Gasteiger partial charge < -0.3 is 15.4 Å². The normalized spacial score (nSPS) is 26.0. The Morgan fingerprint density at radius 1 is 1.27 bits per heavy atom. The number of halogens is 1. The number of ether oxygens (including phenoxy) is 1. The van der Waals surface area contributed by atoms with E-state index in [0.29, 0.717) is 10.9 Å². The van der Waals surface area contributed by atoms with Crippen molar-refractivity contribution in [1.29, 1.82) is 0 Å². The molecule has 0 bridgehead atoms. The fourth-order valence-electron chi connectivity index (χ4n) is 3.05. The summed E-state index contributed by atoms with van der Waals surface area (Å²) < 4.78 is 6.25. The van der Waals surface area contributed by atoms with Crippen LogP contribution in [0, 0.1) is 0 Å². The van der Waals surface area contributed by atoms with E-state index in [-0.39, 0.29) is 24.0 Å². The molecule has 2 aliphatic rings. The Labute approximate surface area is 157 Å². The van der Waals surface area contributed by atoms with Crippen molar-refractivity contribution in [1.82, 2.24) is 10.6 Å². The molecule has 0 aromatic heterocycles. The van der Waals surface area contributed by atoms with Crippen LogP contribution < -0.4 is 10.6 Å². The third kappa shape index (κ3) is 7.25. The number of rotatable bonds is 7. The summed E-state index contributed by atoms with van der Waals surface area (Å²) in [7, 11) is 1.84. The second-order valence-electron chi connectivity index (χ2n) is 6.39. The van der Waals surface area contributed by atoms with Gasteiger partial charge in [0, 0.05) is 31.5 Å². The van der Waals surface area contributed by atoms with E-state index in [1.807, 2.05) is 7.05 Å². The van der Waals surface area contributed by atoms with Gasteiger partial charge in [-0.3, -0.25) is 4.99 Å².